The summed E-state index contributed by atoms with van der Waals surface area (Å²) in [5.74, 6) is 0.774. The number of halogens is 2. The molecule has 1 amide bonds. The fourth-order valence-corrected chi connectivity index (χ4v) is 3.69. The second-order valence-corrected chi connectivity index (χ2v) is 7.94. The molecule has 2 aromatic heterocycles. The minimum atomic E-state index is -0.302. The molecule has 0 aliphatic carbocycles. The fourth-order valence-electron chi connectivity index (χ4n) is 3.29. The Hall–Kier alpha value is -3.87. The molecule has 0 radical (unpaired) electrons. The van der Waals surface area contributed by atoms with Gasteiger partial charge in [-0.15, -0.1) is 10.2 Å². The Labute approximate surface area is 199 Å². The van der Waals surface area contributed by atoms with Crippen molar-refractivity contribution in [3.8, 4) is 17.0 Å². The molecule has 0 saturated carbocycles. The zero-order valence-corrected chi connectivity index (χ0v) is 18.6. The lowest BCUT2D eigenvalue weighted by molar-refractivity contribution is -0.111. The number of nitrogens with zero attached hydrogens (tertiary/aromatic N) is 3. The van der Waals surface area contributed by atoms with Crippen molar-refractivity contribution in [3.05, 3.63) is 101 Å². The van der Waals surface area contributed by atoms with E-state index in [-0.39, 0.29) is 5.91 Å². The first-order valence-corrected chi connectivity index (χ1v) is 10.8. The topological polar surface area (TPSA) is 73.0 Å². The highest BCUT2D eigenvalue weighted by molar-refractivity contribution is 6.43. The van der Waals surface area contributed by atoms with Crippen molar-refractivity contribution in [1.82, 2.24) is 15.0 Å². The van der Waals surface area contributed by atoms with Crippen LogP contribution in [0.2, 0.25) is 10.0 Å². The van der Waals surface area contributed by atoms with Crippen LogP contribution in [0, 0.1) is 0 Å². The van der Waals surface area contributed by atoms with Gasteiger partial charge >= 0.3 is 0 Å². The lowest BCUT2D eigenvalue weighted by atomic mass is 10.2. The van der Waals surface area contributed by atoms with Crippen LogP contribution in [0.25, 0.3) is 34.1 Å². The van der Waals surface area contributed by atoms with Crippen molar-refractivity contribution < 1.29 is 9.21 Å². The molecule has 1 N–H and O–H groups in total. The van der Waals surface area contributed by atoms with Crippen LogP contribution in [0.15, 0.2) is 89.4 Å². The summed E-state index contributed by atoms with van der Waals surface area (Å²) in [7, 11) is 0. The zero-order valence-electron chi connectivity index (χ0n) is 17.1. The van der Waals surface area contributed by atoms with Crippen LogP contribution in [-0.2, 0) is 4.79 Å². The number of hydrogen-bond acceptors (Lipinski definition) is 4. The van der Waals surface area contributed by atoms with Crippen molar-refractivity contribution in [3.63, 3.8) is 0 Å². The van der Waals surface area contributed by atoms with E-state index >= 15 is 0 Å². The first-order chi connectivity index (χ1) is 16.1. The molecule has 0 atom stereocenters. The largest absolute Gasteiger partial charge is 0.457 e. The Morgan fingerprint density at radius 1 is 0.909 bits per heavy atom. The third kappa shape index (κ3) is 4.53. The molecular weight excluding hydrogens is 459 g/mol. The molecule has 5 aromatic rings. The van der Waals surface area contributed by atoms with Crippen LogP contribution in [-0.4, -0.2) is 20.9 Å². The summed E-state index contributed by atoms with van der Waals surface area (Å²) >= 11 is 12.3. The Morgan fingerprint density at radius 2 is 1.73 bits per heavy atom. The van der Waals surface area contributed by atoms with Gasteiger partial charge < -0.3 is 9.73 Å². The van der Waals surface area contributed by atoms with Crippen LogP contribution >= 0.6 is 23.2 Å². The molecule has 0 aliphatic rings. The minimum absolute atomic E-state index is 0.302. The number of aromatic nitrogens is 3. The van der Waals surface area contributed by atoms with E-state index in [1.54, 1.807) is 47.3 Å². The smallest absolute Gasteiger partial charge is 0.248 e. The number of hydrogen-bond donors (Lipinski definition) is 1. The number of amides is 1. The first kappa shape index (κ1) is 21.0. The summed E-state index contributed by atoms with van der Waals surface area (Å²) in [6.45, 7) is 0. The van der Waals surface area contributed by atoms with Crippen molar-refractivity contribution >= 4 is 51.9 Å². The summed E-state index contributed by atoms with van der Waals surface area (Å²) in [5.41, 5.74) is 3.57. The quantitative estimate of drug-likeness (QED) is 0.289. The number of carbonyl (C=O) groups excluding carboxylic acids is 1. The molecule has 3 aromatic carbocycles. The van der Waals surface area contributed by atoms with Crippen molar-refractivity contribution in [1.29, 1.82) is 0 Å². The predicted octanol–water partition coefficient (Wildman–Crippen LogP) is 6.64. The van der Waals surface area contributed by atoms with E-state index in [9.17, 15) is 4.79 Å². The molecule has 162 valence electrons. The number of anilines is 1. The highest BCUT2D eigenvalue weighted by Crippen LogP contribution is 2.34. The molecule has 8 heteroatoms. The molecule has 0 spiro atoms. The SMILES string of the molecule is O=C(C=Cc1ccc(-c2cccc(Cl)c2Cl)o1)Nc1ccc2nn(-c3ccccc3)nc2c1. The second-order valence-electron chi connectivity index (χ2n) is 7.15. The Morgan fingerprint density at radius 3 is 2.58 bits per heavy atom. The summed E-state index contributed by atoms with van der Waals surface area (Å²) in [6, 6.07) is 23.9. The van der Waals surface area contributed by atoms with Gasteiger partial charge in [-0.3, -0.25) is 4.79 Å². The van der Waals surface area contributed by atoms with Crippen LogP contribution in [0.4, 0.5) is 5.69 Å². The van der Waals surface area contributed by atoms with Crippen LogP contribution in [0.3, 0.4) is 0 Å². The number of nitrogens with one attached hydrogen (secondary N) is 1. The highest BCUT2D eigenvalue weighted by Gasteiger charge is 2.11. The van der Waals surface area contributed by atoms with Gasteiger partial charge in [-0.25, -0.2) is 0 Å². The van der Waals surface area contributed by atoms with Gasteiger partial charge in [-0.2, -0.15) is 4.80 Å². The van der Waals surface area contributed by atoms with Gasteiger partial charge in [-0.1, -0.05) is 47.5 Å². The number of rotatable bonds is 5. The molecule has 0 aliphatic heterocycles. The number of benzene rings is 3. The maximum Gasteiger partial charge on any atom is 0.248 e. The number of fused-ring (bicyclic) bond motifs is 1. The normalized spacial score (nSPS) is 11.3. The molecule has 0 unspecified atom stereocenters. The van der Waals surface area contributed by atoms with E-state index in [4.69, 9.17) is 27.6 Å². The Bertz CT molecular complexity index is 1490. The van der Waals surface area contributed by atoms with Crippen molar-refractivity contribution in [2.75, 3.05) is 5.32 Å². The first-order valence-electron chi connectivity index (χ1n) is 10.0. The van der Waals surface area contributed by atoms with Gasteiger partial charge in [0.15, 0.2) is 0 Å². The average molecular weight is 475 g/mol. The molecule has 0 saturated heterocycles. The van der Waals surface area contributed by atoms with Crippen molar-refractivity contribution in [2.45, 2.75) is 0 Å². The predicted molar refractivity (Wildman–Crippen MR) is 131 cm³/mol. The van der Waals surface area contributed by atoms with Gasteiger partial charge in [0.25, 0.3) is 0 Å². The van der Waals surface area contributed by atoms with Gasteiger partial charge in [0.05, 0.1) is 15.7 Å². The molecule has 0 fully saturated rings. The molecule has 33 heavy (non-hydrogen) atoms. The lowest BCUT2D eigenvalue weighted by Gasteiger charge is -2.02. The monoisotopic (exact) mass is 474 g/mol. The third-order valence-electron chi connectivity index (χ3n) is 4.88. The zero-order chi connectivity index (χ0) is 22.8. The molecule has 5 rings (SSSR count). The van der Waals surface area contributed by atoms with E-state index < -0.39 is 0 Å². The van der Waals surface area contributed by atoms with Crippen molar-refractivity contribution in [2.24, 2.45) is 0 Å². The van der Waals surface area contributed by atoms with Crippen LogP contribution in [0.5, 0.6) is 0 Å². The van der Waals surface area contributed by atoms with E-state index in [2.05, 4.69) is 15.5 Å². The van der Waals surface area contributed by atoms with Crippen LogP contribution < -0.4 is 5.32 Å². The second kappa shape index (κ2) is 8.94. The number of furan rings is 1. The maximum atomic E-state index is 12.4. The summed E-state index contributed by atoms with van der Waals surface area (Å²) in [4.78, 5) is 14.0. The summed E-state index contributed by atoms with van der Waals surface area (Å²) in [5, 5.41) is 12.6. The third-order valence-corrected chi connectivity index (χ3v) is 5.70. The molecule has 6 nitrogen and oxygen atoms in total. The summed E-state index contributed by atoms with van der Waals surface area (Å²) in [6.07, 6.45) is 2.98. The molecular formula is C25H16Cl2N4O2. The maximum absolute atomic E-state index is 12.4. The molecule has 0 bridgehead atoms. The average Bonchev–Trinajstić information content (AvgIpc) is 3.47. The highest BCUT2D eigenvalue weighted by atomic mass is 35.5. The van der Waals surface area contributed by atoms with E-state index in [1.165, 1.54) is 6.08 Å². The standard InChI is InChI=1S/C25H16Cl2N4O2/c26-20-8-4-7-19(25(20)27)23-13-10-18(33-23)11-14-24(32)28-16-9-12-21-22(15-16)30-31(29-21)17-5-2-1-3-6-17/h1-15H,(H,28,32). The van der Waals surface area contributed by atoms with E-state index in [0.29, 0.717) is 38.3 Å². The van der Waals surface area contributed by atoms with E-state index in [0.717, 1.165) is 11.2 Å². The van der Waals surface area contributed by atoms with Gasteiger partial charge in [-0.05, 0) is 60.7 Å². The fraction of sp³-hybridized carbons (Fsp3) is 0. The molecule has 2 heterocycles. The Kier molecular flexibility index (Phi) is 5.69. The number of carbonyl (C=O) groups is 1. The van der Waals surface area contributed by atoms with Gasteiger partial charge in [0.1, 0.15) is 22.6 Å². The number of para-hydroxylation sites is 1. The summed E-state index contributed by atoms with van der Waals surface area (Å²) < 4.78 is 5.78. The van der Waals surface area contributed by atoms with Gasteiger partial charge in [0, 0.05) is 17.3 Å². The van der Waals surface area contributed by atoms with Crippen LogP contribution in [0.1, 0.15) is 5.76 Å². The lowest BCUT2D eigenvalue weighted by Crippen LogP contribution is -2.07. The van der Waals surface area contributed by atoms with Gasteiger partial charge in [0.2, 0.25) is 5.91 Å². The van der Waals surface area contributed by atoms with E-state index in [1.807, 2.05) is 42.5 Å². The Balaban J connectivity index is 1.29. The minimum Gasteiger partial charge on any atom is -0.457 e.